The monoisotopic (exact) mass is 282 g/mol. The van der Waals surface area contributed by atoms with Gasteiger partial charge in [0.15, 0.2) is 0 Å². The zero-order valence-corrected chi connectivity index (χ0v) is 11.0. The maximum absolute atomic E-state index is 12.2. The van der Waals surface area contributed by atoms with Gasteiger partial charge in [0, 0.05) is 18.9 Å². The Labute approximate surface area is 115 Å². The average molecular weight is 282 g/mol. The van der Waals surface area contributed by atoms with Crippen molar-refractivity contribution in [1.82, 2.24) is 9.55 Å². The molecule has 0 radical (unpaired) electrons. The Balaban J connectivity index is 2.23. The van der Waals surface area contributed by atoms with Gasteiger partial charge in [0.1, 0.15) is 17.7 Å². The van der Waals surface area contributed by atoms with E-state index in [2.05, 4.69) is 9.72 Å². The number of aliphatic hydroxyl groups excluding tert-OH is 1. The molecule has 1 heterocycles. The number of nitrogens with zero attached hydrogens (tertiary/aromatic N) is 2. The number of rotatable bonds is 6. The van der Waals surface area contributed by atoms with Gasteiger partial charge in [-0.25, -0.2) is 4.98 Å². The van der Waals surface area contributed by atoms with Crippen LogP contribution < -0.4 is 4.74 Å². The van der Waals surface area contributed by atoms with Crippen molar-refractivity contribution < 1.29 is 18.6 Å². The molecular weight excluding hydrogens is 266 g/mol. The van der Waals surface area contributed by atoms with Crippen molar-refractivity contribution in [2.45, 2.75) is 32.6 Å². The van der Waals surface area contributed by atoms with Gasteiger partial charge in [-0.05, 0) is 24.1 Å². The van der Waals surface area contributed by atoms with Crippen LogP contribution in [-0.2, 0) is 6.54 Å². The Morgan fingerprint density at radius 3 is 2.90 bits per heavy atom. The number of imidazole rings is 1. The normalized spacial score (nSPS) is 12.7. The first-order valence-corrected chi connectivity index (χ1v) is 6.35. The maximum Gasteiger partial charge on any atom is 0.387 e. The molecule has 0 aliphatic rings. The van der Waals surface area contributed by atoms with Crippen molar-refractivity contribution in [2.24, 2.45) is 0 Å². The zero-order valence-electron chi connectivity index (χ0n) is 11.0. The molecule has 2 aromatic rings. The molecule has 4 nitrogen and oxygen atoms in total. The third kappa shape index (κ3) is 3.33. The molecule has 0 bridgehead atoms. The Hall–Kier alpha value is -1.95. The average Bonchev–Trinajstić information content (AvgIpc) is 2.86. The SMILES string of the molecule is CCCn1ccnc1C(O)c1cccc(OC(F)F)c1. The highest BCUT2D eigenvalue weighted by atomic mass is 19.3. The number of aliphatic hydroxyl groups is 1. The number of aromatic nitrogens is 2. The third-order valence-corrected chi connectivity index (χ3v) is 2.86. The van der Waals surface area contributed by atoms with Crippen LogP contribution in [0.4, 0.5) is 8.78 Å². The minimum absolute atomic E-state index is 0.0187. The molecule has 0 fully saturated rings. The minimum Gasteiger partial charge on any atom is -0.435 e. The number of hydrogen-bond donors (Lipinski definition) is 1. The summed E-state index contributed by atoms with van der Waals surface area (Å²) in [5.41, 5.74) is 0.465. The van der Waals surface area contributed by atoms with Crippen molar-refractivity contribution in [2.75, 3.05) is 0 Å². The van der Waals surface area contributed by atoms with E-state index in [9.17, 15) is 13.9 Å². The number of benzene rings is 1. The van der Waals surface area contributed by atoms with Gasteiger partial charge in [0.25, 0.3) is 0 Å². The molecule has 0 saturated heterocycles. The van der Waals surface area contributed by atoms with E-state index < -0.39 is 12.7 Å². The van der Waals surface area contributed by atoms with Gasteiger partial charge >= 0.3 is 6.61 Å². The molecule has 1 N–H and O–H groups in total. The molecule has 0 saturated carbocycles. The minimum atomic E-state index is -2.88. The molecule has 0 amide bonds. The second-order valence-electron chi connectivity index (χ2n) is 4.33. The summed E-state index contributed by atoms with van der Waals surface area (Å²) >= 11 is 0. The van der Waals surface area contributed by atoms with Crippen molar-refractivity contribution in [3.63, 3.8) is 0 Å². The summed E-state index contributed by atoms with van der Waals surface area (Å²) in [5.74, 6) is 0.506. The van der Waals surface area contributed by atoms with Crippen LogP contribution in [0.25, 0.3) is 0 Å². The second-order valence-corrected chi connectivity index (χ2v) is 4.33. The van der Waals surface area contributed by atoms with Crippen molar-refractivity contribution in [3.05, 3.63) is 48.0 Å². The van der Waals surface area contributed by atoms with Crippen molar-refractivity contribution >= 4 is 0 Å². The van der Waals surface area contributed by atoms with Gasteiger partial charge in [0.05, 0.1) is 0 Å². The predicted octanol–water partition coefficient (Wildman–Crippen LogP) is 2.98. The molecular formula is C14H16F2N2O2. The molecule has 20 heavy (non-hydrogen) atoms. The summed E-state index contributed by atoms with van der Waals surface area (Å²) in [6, 6.07) is 6.01. The van der Waals surface area contributed by atoms with Gasteiger partial charge in [-0.2, -0.15) is 8.78 Å². The lowest BCUT2D eigenvalue weighted by molar-refractivity contribution is -0.0499. The number of ether oxygens (including phenoxy) is 1. The number of halogens is 2. The number of aryl methyl sites for hydroxylation is 1. The van der Waals surface area contributed by atoms with Crippen LogP contribution in [0, 0.1) is 0 Å². The highest BCUT2D eigenvalue weighted by molar-refractivity contribution is 5.32. The predicted molar refractivity (Wildman–Crippen MR) is 69.7 cm³/mol. The van der Waals surface area contributed by atoms with E-state index in [0.29, 0.717) is 11.4 Å². The fourth-order valence-electron chi connectivity index (χ4n) is 2.01. The fraction of sp³-hybridized carbons (Fsp3) is 0.357. The van der Waals surface area contributed by atoms with E-state index in [1.54, 1.807) is 24.5 Å². The van der Waals surface area contributed by atoms with Gasteiger partial charge in [-0.3, -0.25) is 0 Å². The highest BCUT2D eigenvalue weighted by Gasteiger charge is 2.17. The first kappa shape index (κ1) is 14.5. The molecule has 0 aliphatic carbocycles. The summed E-state index contributed by atoms with van der Waals surface area (Å²) in [4.78, 5) is 4.13. The van der Waals surface area contributed by atoms with Crippen LogP contribution in [0.3, 0.4) is 0 Å². The first-order valence-electron chi connectivity index (χ1n) is 6.35. The van der Waals surface area contributed by atoms with E-state index in [4.69, 9.17) is 0 Å². The molecule has 0 spiro atoms. The highest BCUT2D eigenvalue weighted by Crippen LogP contribution is 2.25. The molecule has 108 valence electrons. The Morgan fingerprint density at radius 2 is 2.20 bits per heavy atom. The van der Waals surface area contributed by atoms with Gasteiger partial charge in [0.2, 0.25) is 0 Å². The van der Waals surface area contributed by atoms with E-state index in [1.807, 2.05) is 11.5 Å². The van der Waals surface area contributed by atoms with Gasteiger partial charge < -0.3 is 14.4 Å². The van der Waals surface area contributed by atoms with Crippen LogP contribution in [0.15, 0.2) is 36.7 Å². The topological polar surface area (TPSA) is 47.3 Å². The molecule has 2 rings (SSSR count). The van der Waals surface area contributed by atoms with Crippen LogP contribution in [-0.4, -0.2) is 21.3 Å². The zero-order chi connectivity index (χ0) is 14.5. The summed E-state index contributed by atoms with van der Waals surface area (Å²) in [6.07, 6.45) is 3.32. The summed E-state index contributed by atoms with van der Waals surface area (Å²) < 4.78 is 30.5. The smallest absolute Gasteiger partial charge is 0.387 e. The lowest BCUT2D eigenvalue weighted by Crippen LogP contribution is -2.10. The Kier molecular flexibility index (Phi) is 4.68. The Morgan fingerprint density at radius 1 is 1.40 bits per heavy atom. The van der Waals surface area contributed by atoms with Crippen LogP contribution in [0.1, 0.15) is 30.8 Å². The Bertz CT molecular complexity index is 558. The standard InChI is InChI=1S/C14H16F2N2O2/c1-2-7-18-8-6-17-13(18)12(19)10-4-3-5-11(9-10)20-14(15)16/h3-6,8-9,12,14,19H,2,7H2,1H3. The lowest BCUT2D eigenvalue weighted by Gasteiger charge is -2.14. The van der Waals surface area contributed by atoms with Gasteiger partial charge in [-0.1, -0.05) is 19.1 Å². The lowest BCUT2D eigenvalue weighted by atomic mass is 10.1. The number of alkyl halides is 2. The van der Waals surface area contributed by atoms with E-state index in [1.165, 1.54) is 12.1 Å². The molecule has 1 atom stereocenters. The van der Waals surface area contributed by atoms with Crippen molar-refractivity contribution in [1.29, 1.82) is 0 Å². The first-order chi connectivity index (χ1) is 9.61. The largest absolute Gasteiger partial charge is 0.435 e. The second kappa shape index (κ2) is 6.47. The number of hydrogen-bond acceptors (Lipinski definition) is 3. The molecule has 6 heteroatoms. The van der Waals surface area contributed by atoms with Crippen LogP contribution >= 0.6 is 0 Å². The van der Waals surface area contributed by atoms with Crippen LogP contribution in [0.2, 0.25) is 0 Å². The molecule has 0 aliphatic heterocycles. The quantitative estimate of drug-likeness (QED) is 0.886. The van der Waals surface area contributed by atoms with Crippen molar-refractivity contribution in [3.8, 4) is 5.75 Å². The van der Waals surface area contributed by atoms with E-state index >= 15 is 0 Å². The van der Waals surface area contributed by atoms with E-state index in [0.717, 1.165) is 13.0 Å². The fourth-order valence-corrected chi connectivity index (χ4v) is 2.01. The maximum atomic E-state index is 12.2. The third-order valence-electron chi connectivity index (χ3n) is 2.86. The van der Waals surface area contributed by atoms with Gasteiger partial charge in [-0.15, -0.1) is 0 Å². The van der Waals surface area contributed by atoms with E-state index in [-0.39, 0.29) is 5.75 Å². The molecule has 1 unspecified atom stereocenters. The summed E-state index contributed by atoms with van der Waals surface area (Å²) in [7, 11) is 0. The van der Waals surface area contributed by atoms with Crippen LogP contribution in [0.5, 0.6) is 5.75 Å². The molecule has 1 aromatic heterocycles. The molecule has 1 aromatic carbocycles. The summed E-state index contributed by atoms with van der Waals surface area (Å²) in [6.45, 7) is -0.128. The summed E-state index contributed by atoms with van der Waals surface area (Å²) in [5, 5.41) is 10.3.